The van der Waals surface area contributed by atoms with E-state index in [0.717, 1.165) is 5.75 Å². The van der Waals surface area contributed by atoms with Gasteiger partial charge in [0.15, 0.2) is 5.78 Å². The van der Waals surface area contributed by atoms with Gasteiger partial charge >= 0.3 is 0 Å². The highest BCUT2D eigenvalue weighted by atomic mass is 32.2. The smallest absolute Gasteiger partial charge is 0.162 e. The standard InChI is InChI=1S/C14H20O4S/c1-3-18-13-9-7-12(8-10-13)14(15)6-5-11-19(16,17)4-2/h7-10H,3-6,11H2,1-2H3. The van der Waals surface area contributed by atoms with Crippen molar-refractivity contribution in [1.82, 2.24) is 0 Å². The van der Waals surface area contributed by atoms with Crippen LogP contribution in [0.2, 0.25) is 0 Å². The Kier molecular flexibility index (Phi) is 6.02. The van der Waals surface area contributed by atoms with Gasteiger partial charge in [-0.3, -0.25) is 4.79 Å². The van der Waals surface area contributed by atoms with Crippen LogP contribution in [0.25, 0.3) is 0 Å². The van der Waals surface area contributed by atoms with Crippen molar-refractivity contribution in [3.05, 3.63) is 29.8 Å². The maximum atomic E-state index is 11.9. The van der Waals surface area contributed by atoms with Crippen molar-refractivity contribution in [2.45, 2.75) is 26.7 Å². The van der Waals surface area contributed by atoms with Crippen LogP contribution in [0.5, 0.6) is 5.75 Å². The first-order valence-corrected chi connectivity index (χ1v) is 8.27. The molecule has 19 heavy (non-hydrogen) atoms. The predicted molar refractivity (Wildman–Crippen MR) is 75.5 cm³/mol. The lowest BCUT2D eigenvalue weighted by Gasteiger charge is -2.05. The quantitative estimate of drug-likeness (QED) is 0.688. The van der Waals surface area contributed by atoms with Crippen LogP contribution in [0.3, 0.4) is 0 Å². The van der Waals surface area contributed by atoms with Gasteiger partial charge in [-0.05, 0) is 37.6 Å². The summed E-state index contributed by atoms with van der Waals surface area (Å²) in [5, 5.41) is 0. The predicted octanol–water partition coefficient (Wildman–Crippen LogP) is 2.48. The summed E-state index contributed by atoms with van der Waals surface area (Å²) in [7, 11) is -2.98. The fourth-order valence-corrected chi connectivity index (χ4v) is 2.52. The Labute approximate surface area is 114 Å². The maximum Gasteiger partial charge on any atom is 0.162 e. The van der Waals surface area contributed by atoms with Crippen LogP contribution in [-0.4, -0.2) is 32.3 Å². The number of carbonyl (C=O) groups is 1. The van der Waals surface area contributed by atoms with Crippen LogP contribution in [0.1, 0.15) is 37.0 Å². The molecule has 1 aromatic carbocycles. The van der Waals surface area contributed by atoms with E-state index in [1.54, 1.807) is 31.2 Å². The molecule has 0 N–H and O–H groups in total. The second kappa shape index (κ2) is 7.28. The molecule has 0 aromatic heterocycles. The topological polar surface area (TPSA) is 60.4 Å². The average molecular weight is 284 g/mol. The van der Waals surface area contributed by atoms with Gasteiger partial charge in [-0.15, -0.1) is 0 Å². The molecule has 0 aliphatic heterocycles. The van der Waals surface area contributed by atoms with Crippen LogP contribution in [0.4, 0.5) is 0 Å². The molecule has 0 spiro atoms. The lowest BCUT2D eigenvalue weighted by Crippen LogP contribution is -2.10. The molecule has 5 heteroatoms. The highest BCUT2D eigenvalue weighted by Crippen LogP contribution is 2.14. The first-order chi connectivity index (χ1) is 8.98. The van der Waals surface area contributed by atoms with Gasteiger partial charge in [0.25, 0.3) is 0 Å². The normalized spacial score (nSPS) is 11.3. The second-order valence-corrected chi connectivity index (χ2v) is 6.69. The van der Waals surface area contributed by atoms with Gasteiger partial charge in [-0.1, -0.05) is 6.92 Å². The minimum Gasteiger partial charge on any atom is -0.494 e. The van der Waals surface area contributed by atoms with E-state index in [1.165, 1.54) is 0 Å². The molecule has 0 aliphatic rings. The molecule has 0 saturated carbocycles. The lowest BCUT2D eigenvalue weighted by atomic mass is 10.1. The molecule has 0 heterocycles. The molecule has 0 amide bonds. The number of rotatable bonds is 8. The fraction of sp³-hybridized carbons (Fsp3) is 0.500. The van der Waals surface area contributed by atoms with Gasteiger partial charge in [0.1, 0.15) is 15.6 Å². The molecule has 0 unspecified atom stereocenters. The minimum absolute atomic E-state index is 0.0330. The fourth-order valence-electron chi connectivity index (χ4n) is 1.65. The third-order valence-electron chi connectivity index (χ3n) is 2.79. The summed E-state index contributed by atoms with van der Waals surface area (Å²) >= 11 is 0. The number of benzene rings is 1. The Balaban J connectivity index is 2.50. The molecule has 0 radical (unpaired) electrons. The molecular weight excluding hydrogens is 264 g/mol. The van der Waals surface area contributed by atoms with E-state index < -0.39 is 9.84 Å². The van der Waals surface area contributed by atoms with E-state index in [4.69, 9.17) is 4.74 Å². The zero-order valence-electron chi connectivity index (χ0n) is 11.4. The number of Topliss-reactive ketones (excluding diaryl/α,β-unsaturated/α-hetero) is 1. The van der Waals surface area contributed by atoms with E-state index >= 15 is 0 Å². The summed E-state index contributed by atoms with van der Waals surface area (Å²) in [5.74, 6) is 0.901. The molecule has 4 nitrogen and oxygen atoms in total. The van der Waals surface area contributed by atoms with Crippen molar-refractivity contribution in [3.8, 4) is 5.75 Å². The summed E-state index contributed by atoms with van der Waals surface area (Å²) in [6.07, 6.45) is 0.634. The van der Waals surface area contributed by atoms with Crippen LogP contribution >= 0.6 is 0 Å². The largest absolute Gasteiger partial charge is 0.494 e. The van der Waals surface area contributed by atoms with E-state index in [-0.39, 0.29) is 23.7 Å². The third-order valence-corrected chi connectivity index (χ3v) is 4.58. The highest BCUT2D eigenvalue weighted by molar-refractivity contribution is 7.91. The summed E-state index contributed by atoms with van der Waals surface area (Å²) in [5.41, 5.74) is 0.595. The van der Waals surface area contributed by atoms with Crippen LogP contribution in [0, 0.1) is 0 Å². The van der Waals surface area contributed by atoms with Gasteiger partial charge in [-0.25, -0.2) is 8.42 Å². The van der Waals surface area contributed by atoms with Gasteiger partial charge in [0.2, 0.25) is 0 Å². The second-order valence-electron chi connectivity index (χ2n) is 4.22. The van der Waals surface area contributed by atoms with Crippen molar-refractivity contribution in [2.24, 2.45) is 0 Å². The number of hydrogen-bond donors (Lipinski definition) is 0. The molecule has 106 valence electrons. The van der Waals surface area contributed by atoms with Crippen LogP contribution in [0.15, 0.2) is 24.3 Å². The van der Waals surface area contributed by atoms with Crippen molar-refractivity contribution in [2.75, 3.05) is 18.1 Å². The first kappa shape index (κ1) is 15.7. The van der Waals surface area contributed by atoms with Crippen molar-refractivity contribution in [1.29, 1.82) is 0 Å². The molecule has 1 aromatic rings. The summed E-state index contributed by atoms with van der Waals surface area (Å²) in [6.45, 7) is 4.10. The SMILES string of the molecule is CCOc1ccc(C(=O)CCCS(=O)(=O)CC)cc1. The average Bonchev–Trinajstić information content (AvgIpc) is 2.39. The Bertz CT molecular complexity index is 503. The molecule has 0 bridgehead atoms. The van der Waals surface area contributed by atoms with Crippen molar-refractivity contribution in [3.63, 3.8) is 0 Å². The molecule has 0 saturated heterocycles. The van der Waals surface area contributed by atoms with Gasteiger partial charge in [-0.2, -0.15) is 0 Å². The van der Waals surface area contributed by atoms with E-state index in [0.29, 0.717) is 18.6 Å². The first-order valence-electron chi connectivity index (χ1n) is 6.45. The number of carbonyl (C=O) groups excluding carboxylic acids is 1. The number of ketones is 1. The zero-order valence-corrected chi connectivity index (χ0v) is 12.2. The molecule has 0 fully saturated rings. The Morgan fingerprint density at radius 2 is 1.79 bits per heavy atom. The van der Waals surface area contributed by atoms with Gasteiger partial charge in [0.05, 0.1) is 12.4 Å². The number of hydrogen-bond acceptors (Lipinski definition) is 4. The summed E-state index contributed by atoms with van der Waals surface area (Å²) in [4.78, 5) is 11.9. The van der Waals surface area contributed by atoms with Gasteiger partial charge in [0, 0.05) is 17.7 Å². The highest BCUT2D eigenvalue weighted by Gasteiger charge is 2.10. The number of sulfone groups is 1. The van der Waals surface area contributed by atoms with Crippen LogP contribution in [-0.2, 0) is 9.84 Å². The Morgan fingerprint density at radius 1 is 1.16 bits per heavy atom. The third kappa shape index (κ3) is 5.42. The Morgan fingerprint density at radius 3 is 2.32 bits per heavy atom. The molecular formula is C14H20O4S. The monoisotopic (exact) mass is 284 g/mol. The van der Waals surface area contributed by atoms with Crippen LogP contribution < -0.4 is 4.74 Å². The molecule has 0 atom stereocenters. The molecule has 0 aliphatic carbocycles. The maximum absolute atomic E-state index is 11.9. The van der Waals surface area contributed by atoms with E-state index in [2.05, 4.69) is 0 Å². The van der Waals surface area contributed by atoms with E-state index in [1.807, 2.05) is 6.92 Å². The Hall–Kier alpha value is -1.36. The number of ether oxygens (including phenoxy) is 1. The van der Waals surface area contributed by atoms with E-state index in [9.17, 15) is 13.2 Å². The van der Waals surface area contributed by atoms with Crippen molar-refractivity contribution < 1.29 is 17.9 Å². The summed E-state index contributed by atoms with van der Waals surface area (Å²) < 4.78 is 27.9. The van der Waals surface area contributed by atoms with Crippen molar-refractivity contribution >= 4 is 15.6 Å². The lowest BCUT2D eigenvalue weighted by molar-refractivity contribution is 0.0982. The summed E-state index contributed by atoms with van der Waals surface area (Å²) in [6, 6.07) is 6.92. The van der Waals surface area contributed by atoms with Gasteiger partial charge < -0.3 is 4.74 Å². The zero-order chi connectivity index (χ0) is 14.3. The minimum atomic E-state index is -2.98. The molecule has 1 rings (SSSR count).